The number of methoxy groups -OCH3 is 1. The third-order valence-corrected chi connectivity index (χ3v) is 3.71. The molecule has 0 spiro atoms. The second-order valence-corrected chi connectivity index (χ2v) is 4.99. The second-order valence-electron chi connectivity index (χ2n) is 4.99. The van der Waals surface area contributed by atoms with Crippen molar-refractivity contribution >= 4 is 16.6 Å². The van der Waals surface area contributed by atoms with Crippen LogP contribution in [0.25, 0.3) is 21.9 Å². The highest BCUT2D eigenvalue weighted by Crippen LogP contribution is 2.34. The van der Waals surface area contributed by atoms with Crippen LogP contribution in [0.4, 0.5) is 0 Å². The van der Waals surface area contributed by atoms with Gasteiger partial charge in [0.25, 0.3) is 0 Å². The molecule has 3 aromatic carbocycles. The molecule has 0 aliphatic rings. The molecule has 0 atom stereocenters. The fraction of sp³-hybridized carbons (Fsp3) is 0.105. The highest BCUT2D eigenvalue weighted by atomic mass is 16.5. The summed E-state index contributed by atoms with van der Waals surface area (Å²) in [6.07, 6.45) is 0. The van der Waals surface area contributed by atoms with E-state index in [0.29, 0.717) is 0 Å². The first-order valence-electron chi connectivity index (χ1n) is 6.88. The summed E-state index contributed by atoms with van der Waals surface area (Å²) < 4.78 is 5.42. The molecule has 104 valence electrons. The topological polar surface area (TPSA) is 26.3 Å². The molecule has 0 unspecified atom stereocenters. The Kier molecular flexibility index (Phi) is 3.44. The summed E-state index contributed by atoms with van der Waals surface area (Å²) in [5, 5.41) is 2.24. The van der Waals surface area contributed by atoms with Crippen LogP contribution in [-0.2, 0) is 0 Å². The zero-order chi connectivity index (χ0) is 14.8. The Morgan fingerprint density at radius 2 is 1.52 bits per heavy atom. The monoisotopic (exact) mass is 276 g/mol. The smallest absolute Gasteiger partial charge is 0.159 e. The zero-order valence-corrected chi connectivity index (χ0v) is 12.1. The van der Waals surface area contributed by atoms with E-state index in [2.05, 4.69) is 18.2 Å². The third-order valence-electron chi connectivity index (χ3n) is 3.71. The molecule has 3 aromatic rings. The van der Waals surface area contributed by atoms with Crippen molar-refractivity contribution in [3.63, 3.8) is 0 Å². The van der Waals surface area contributed by atoms with Gasteiger partial charge in [-0.05, 0) is 29.5 Å². The van der Waals surface area contributed by atoms with Gasteiger partial charge in [-0.1, -0.05) is 54.6 Å². The van der Waals surface area contributed by atoms with Gasteiger partial charge < -0.3 is 4.74 Å². The highest BCUT2D eigenvalue weighted by Gasteiger charge is 2.08. The van der Waals surface area contributed by atoms with E-state index in [1.807, 2.05) is 42.5 Å². The number of carbonyl (C=O) groups is 1. The first-order chi connectivity index (χ1) is 10.2. The Labute approximate surface area is 124 Å². The molecule has 0 aliphatic carbocycles. The van der Waals surface area contributed by atoms with Gasteiger partial charge in [0, 0.05) is 10.9 Å². The van der Waals surface area contributed by atoms with Crippen LogP contribution in [0.3, 0.4) is 0 Å². The molecule has 0 bridgehead atoms. The fourth-order valence-corrected chi connectivity index (χ4v) is 2.59. The minimum absolute atomic E-state index is 0.0844. The summed E-state index contributed by atoms with van der Waals surface area (Å²) in [5.74, 6) is 0.954. The first-order valence-corrected chi connectivity index (χ1v) is 6.88. The van der Waals surface area contributed by atoms with E-state index in [1.165, 1.54) is 0 Å². The van der Waals surface area contributed by atoms with E-state index >= 15 is 0 Å². The Hall–Kier alpha value is -2.61. The molecule has 0 radical (unpaired) electrons. The van der Waals surface area contributed by atoms with E-state index in [-0.39, 0.29) is 5.78 Å². The minimum Gasteiger partial charge on any atom is -0.496 e. The van der Waals surface area contributed by atoms with Crippen molar-refractivity contribution in [1.82, 2.24) is 0 Å². The number of ether oxygens (including phenoxy) is 1. The van der Waals surface area contributed by atoms with Crippen LogP contribution in [0.2, 0.25) is 0 Å². The third kappa shape index (κ3) is 2.40. The van der Waals surface area contributed by atoms with Crippen LogP contribution in [0.15, 0.2) is 60.7 Å². The molecule has 0 saturated heterocycles. The van der Waals surface area contributed by atoms with E-state index in [1.54, 1.807) is 14.0 Å². The van der Waals surface area contributed by atoms with Gasteiger partial charge in [-0.15, -0.1) is 0 Å². The summed E-state index contributed by atoms with van der Waals surface area (Å²) in [7, 11) is 1.68. The lowest BCUT2D eigenvalue weighted by Crippen LogP contribution is -1.91. The fourth-order valence-electron chi connectivity index (χ4n) is 2.59. The van der Waals surface area contributed by atoms with Crippen molar-refractivity contribution < 1.29 is 9.53 Å². The maximum absolute atomic E-state index is 11.4. The van der Waals surface area contributed by atoms with Crippen molar-refractivity contribution in [2.45, 2.75) is 6.92 Å². The molecule has 0 saturated carbocycles. The summed E-state index contributed by atoms with van der Waals surface area (Å²) in [6, 6.07) is 19.9. The Morgan fingerprint density at radius 3 is 2.14 bits per heavy atom. The Balaban J connectivity index is 2.18. The van der Waals surface area contributed by atoms with Crippen LogP contribution in [0.1, 0.15) is 17.3 Å². The van der Waals surface area contributed by atoms with Crippen LogP contribution < -0.4 is 4.74 Å². The van der Waals surface area contributed by atoms with E-state index in [9.17, 15) is 4.79 Å². The van der Waals surface area contributed by atoms with E-state index in [4.69, 9.17) is 4.74 Å². The largest absolute Gasteiger partial charge is 0.496 e. The van der Waals surface area contributed by atoms with Crippen LogP contribution in [0, 0.1) is 0 Å². The molecule has 0 aromatic heterocycles. The van der Waals surface area contributed by atoms with Crippen molar-refractivity contribution in [2.24, 2.45) is 0 Å². The Morgan fingerprint density at radius 1 is 0.857 bits per heavy atom. The molecule has 2 heteroatoms. The minimum atomic E-state index is 0.0844. The molecule has 2 nitrogen and oxygen atoms in total. The van der Waals surface area contributed by atoms with Crippen LogP contribution >= 0.6 is 0 Å². The van der Waals surface area contributed by atoms with Crippen molar-refractivity contribution in [3.05, 3.63) is 66.2 Å². The molecule has 0 heterocycles. The van der Waals surface area contributed by atoms with Gasteiger partial charge in [0.2, 0.25) is 0 Å². The van der Waals surface area contributed by atoms with Gasteiger partial charge >= 0.3 is 0 Å². The first kappa shape index (κ1) is 13.4. The number of ketones is 1. The molecule has 3 rings (SSSR count). The van der Waals surface area contributed by atoms with Crippen LogP contribution in [-0.4, -0.2) is 12.9 Å². The van der Waals surface area contributed by atoms with Crippen molar-refractivity contribution in [2.75, 3.05) is 7.11 Å². The summed E-state index contributed by atoms with van der Waals surface area (Å²) in [6.45, 7) is 1.58. The Bertz CT molecular complexity index is 801. The van der Waals surface area contributed by atoms with Crippen LogP contribution in [0.5, 0.6) is 5.75 Å². The predicted octanol–water partition coefficient (Wildman–Crippen LogP) is 4.72. The summed E-state index contributed by atoms with van der Waals surface area (Å²) >= 11 is 0. The number of fused-ring (bicyclic) bond motifs is 1. The molecule has 0 aliphatic heterocycles. The molecular weight excluding hydrogens is 260 g/mol. The molecule has 21 heavy (non-hydrogen) atoms. The zero-order valence-electron chi connectivity index (χ0n) is 12.1. The SMILES string of the molecule is COc1ccc(-c2ccc(C(C)=O)cc2)c2ccccc12. The molecular formula is C19H16O2. The normalized spacial score (nSPS) is 10.6. The van der Waals surface area contributed by atoms with Gasteiger partial charge in [0.1, 0.15) is 5.75 Å². The predicted molar refractivity (Wildman–Crippen MR) is 85.9 cm³/mol. The summed E-state index contributed by atoms with van der Waals surface area (Å²) in [4.78, 5) is 11.4. The van der Waals surface area contributed by atoms with E-state index < -0.39 is 0 Å². The molecule has 0 amide bonds. The second kappa shape index (κ2) is 5.41. The molecule has 0 N–H and O–H groups in total. The lowest BCUT2D eigenvalue weighted by molar-refractivity contribution is 0.101. The lowest BCUT2D eigenvalue weighted by Gasteiger charge is -2.11. The standard InChI is InChI=1S/C19H16O2/c1-13(20)14-7-9-15(10-8-14)16-11-12-19(21-2)18-6-4-3-5-17(16)18/h3-12H,1-2H3. The number of rotatable bonds is 3. The highest BCUT2D eigenvalue weighted by molar-refractivity contribution is 6.01. The number of benzene rings is 3. The van der Waals surface area contributed by atoms with Gasteiger partial charge in [-0.2, -0.15) is 0 Å². The van der Waals surface area contributed by atoms with E-state index in [0.717, 1.165) is 33.2 Å². The average Bonchev–Trinajstić information content (AvgIpc) is 2.54. The van der Waals surface area contributed by atoms with Crippen molar-refractivity contribution in [1.29, 1.82) is 0 Å². The van der Waals surface area contributed by atoms with Gasteiger partial charge in [0.15, 0.2) is 5.78 Å². The number of Topliss-reactive ketones (excluding diaryl/α,β-unsaturated/α-hetero) is 1. The average molecular weight is 276 g/mol. The quantitative estimate of drug-likeness (QED) is 0.647. The maximum atomic E-state index is 11.4. The van der Waals surface area contributed by atoms with Gasteiger partial charge in [0.05, 0.1) is 7.11 Å². The summed E-state index contributed by atoms with van der Waals surface area (Å²) in [5.41, 5.74) is 2.97. The van der Waals surface area contributed by atoms with Crippen molar-refractivity contribution in [3.8, 4) is 16.9 Å². The lowest BCUT2D eigenvalue weighted by atomic mass is 9.96. The van der Waals surface area contributed by atoms with Gasteiger partial charge in [-0.3, -0.25) is 4.79 Å². The maximum Gasteiger partial charge on any atom is 0.159 e. The number of hydrogen-bond acceptors (Lipinski definition) is 2. The van der Waals surface area contributed by atoms with Gasteiger partial charge in [-0.25, -0.2) is 0 Å². The number of hydrogen-bond donors (Lipinski definition) is 0. The molecule has 0 fully saturated rings. The number of carbonyl (C=O) groups excluding carboxylic acids is 1.